The second-order valence-corrected chi connectivity index (χ2v) is 4.54. The first-order valence-electron chi connectivity index (χ1n) is 6.01. The molecule has 5 heteroatoms. The Bertz CT molecular complexity index is 475. The molecule has 0 amide bonds. The summed E-state index contributed by atoms with van der Waals surface area (Å²) in [7, 11) is 4.00. The number of hydrazone groups is 1. The molecule has 18 heavy (non-hydrogen) atoms. The first-order valence-corrected chi connectivity index (χ1v) is 6.01. The molecule has 0 bridgehead atoms. The number of anilines is 1. The second-order valence-electron chi connectivity index (χ2n) is 4.54. The lowest BCUT2D eigenvalue weighted by Crippen LogP contribution is -2.27. The second kappa shape index (κ2) is 4.68. The highest BCUT2D eigenvalue weighted by Gasteiger charge is 2.31. The zero-order chi connectivity index (χ0) is 13.3. The Kier molecular flexibility index (Phi) is 3.23. The van der Waals surface area contributed by atoms with Crippen LogP contribution in [0.25, 0.3) is 0 Å². The lowest BCUT2D eigenvalue weighted by molar-refractivity contribution is 0.475. The van der Waals surface area contributed by atoms with Crippen LogP contribution >= 0.6 is 0 Å². The highest BCUT2D eigenvalue weighted by Crippen LogP contribution is 2.26. The molecule has 0 spiro atoms. The first kappa shape index (κ1) is 12.4. The molecule has 3 N–H and O–H groups in total. The van der Waals surface area contributed by atoms with Crippen LogP contribution in [0.2, 0.25) is 0 Å². The molecule has 1 aromatic carbocycles. The van der Waals surface area contributed by atoms with Crippen molar-refractivity contribution in [1.82, 2.24) is 5.01 Å². The fraction of sp³-hybridized carbons (Fsp3) is 0.385. The minimum absolute atomic E-state index is 0.207. The third-order valence-corrected chi connectivity index (χ3v) is 3.13. The lowest BCUT2D eigenvalue weighted by atomic mass is 9.97. The summed E-state index contributed by atoms with van der Waals surface area (Å²) in [5.74, 6) is 0.744. The number of nitrogens with two attached hydrogens (primary N) is 1. The number of amidine groups is 2. The van der Waals surface area contributed by atoms with E-state index in [2.05, 4.69) is 5.10 Å². The summed E-state index contributed by atoms with van der Waals surface area (Å²) in [6, 6.07) is 8.08. The molecule has 0 aliphatic carbocycles. The molecular formula is C13H19N5. The Morgan fingerprint density at radius 3 is 2.39 bits per heavy atom. The zero-order valence-corrected chi connectivity index (χ0v) is 11.0. The Hall–Kier alpha value is -2.04. The molecule has 0 saturated carbocycles. The minimum Gasteiger partial charge on any atom is -0.385 e. The maximum absolute atomic E-state index is 8.09. The van der Waals surface area contributed by atoms with E-state index in [0.29, 0.717) is 18.2 Å². The highest BCUT2D eigenvalue weighted by atomic mass is 15.5. The van der Waals surface area contributed by atoms with Crippen LogP contribution in [0.3, 0.4) is 0 Å². The van der Waals surface area contributed by atoms with Gasteiger partial charge in [0.1, 0.15) is 17.6 Å². The van der Waals surface area contributed by atoms with Gasteiger partial charge in [-0.25, -0.2) is 5.01 Å². The molecule has 0 fully saturated rings. The van der Waals surface area contributed by atoms with Crippen LogP contribution in [-0.4, -0.2) is 37.3 Å². The van der Waals surface area contributed by atoms with Gasteiger partial charge in [0.25, 0.3) is 0 Å². The van der Waals surface area contributed by atoms with Gasteiger partial charge in [-0.15, -0.1) is 0 Å². The third-order valence-electron chi connectivity index (χ3n) is 3.13. The molecule has 1 atom stereocenters. The number of nitrogens with zero attached hydrogens (tertiary/aromatic N) is 3. The van der Waals surface area contributed by atoms with Gasteiger partial charge in [0, 0.05) is 26.3 Å². The summed E-state index contributed by atoms with van der Waals surface area (Å²) in [4.78, 5) is 2.04. The minimum atomic E-state index is -0.207. The smallest absolute Gasteiger partial charge is 0.135 e. The summed E-state index contributed by atoms with van der Waals surface area (Å²) in [6.07, 6.45) is 0. The van der Waals surface area contributed by atoms with Crippen molar-refractivity contribution in [3.63, 3.8) is 0 Å². The van der Waals surface area contributed by atoms with E-state index in [1.165, 1.54) is 0 Å². The highest BCUT2D eigenvalue weighted by molar-refractivity contribution is 6.12. The molecule has 96 valence electrons. The summed E-state index contributed by atoms with van der Waals surface area (Å²) in [5, 5.41) is 13.9. The van der Waals surface area contributed by atoms with E-state index < -0.39 is 0 Å². The van der Waals surface area contributed by atoms with Gasteiger partial charge < -0.3 is 10.6 Å². The van der Waals surface area contributed by atoms with Crippen molar-refractivity contribution in [1.29, 1.82) is 5.41 Å². The van der Waals surface area contributed by atoms with Crippen LogP contribution in [0.4, 0.5) is 5.69 Å². The van der Waals surface area contributed by atoms with Gasteiger partial charge in [-0.05, 0) is 24.6 Å². The Morgan fingerprint density at radius 1 is 1.33 bits per heavy atom. The summed E-state index contributed by atoms with van der Waals surface area (Å²) in [5.41, 5.74) is 8.07. The van der Waals surface area contributed by atoms with Crippen molar-refractivity contribution in [2.24, 2.45) is 10.8 Å². The van der Waals surface area contributed by atoms with Gasteiger partial charge in [0.15, 0.2) is 0 Å². The predicted octanol–water partition coefficient (Wildman–Crippen LogP) is 1.42. The van der Waals surface area contributed by atoms with Crippen molar-refractivity contribution in [2.45, 2.75) is 12.8 Å². The van der Waals surface area contributed by atoms with Crippen LogP contribution in [-0.2, 0) is 0 Å². The van der Waals surface area contributed by atoms with Gasteiger partial charge in [-0.1, -0.05) is 12.1 Å². The van der Waals surface area contributed by atoms with E-state index in [1.54, 1.807) is 5.01 Å². The Balaban J connectivity index is 2.27. The third kappa shape index (κ3) is 2.03. The molecule has 1 aliphatic rings. The topological polar surface area (TPSA) is 68.7 Å². The standard InChI is InChI=1S/C13H19N5/c1-4-18-13(15)11(12(14)16-18)9-5-7-10(8-6-9)17(2)3/h5-8,11,15H,4H2,1-3H3,(H2,14,16). The average Bonchev–Trinajstić information content (AvgIpc) is 2.64. The quantitative estimate of drug-likeness (QED) is 0.846. The van der Waals surface area contributed by atoms with Crippen LogP contribution in [0, 0.1) is 5.41 Å². The molecular weight excluding hydrogens is 226 g/mol. The number of likely N-dealkylation sites (N-methyl/N-ethyl adjacent to an activating group) is 1. The number of benzene rings is 1. The van der Waals surface area contributed by atoms with Crippen molar-refractivity contribution in [3.05, 3.63) is 29.8 Å². The monoisotopic (exact) mass is 245 g/mol. The van der Waals surface area contributed by atoms with Crippen molar-refractivity contribution in [3.8, 4) is 0 Å². The molecule has 1 heterocycles. The molecule has 1 unspecified atom stereocenters. The fourth-order valence-corrected chi connectivity index (χ4v) is 2.07. The van der Waals surface area contributed by atoms with Crippen LogP contribution in [0.15, 0.2) is 29.4 Å². The van der Waals surface area contributed by atoms with E-state index in [1.807, 2.05) is 50.2 Å². The first-order chi connectivity index (χ1) is 8.54. The van der Waals surface area contributed by atoms with E-state index in [-0.39, 0.29) is 5.92 Å². The van der Waals surface area contributed by atoms with Crippen molar-refractivity contribution in [2.75, 3.05) is 25.5 Å². The molecule has 1 aromatic rings. The number of hydrogen-bond acceptors (Lipinski definition) is 4. The van der Waals surface area contributed by atoms with Gasteiger partial charge in [-0.3, -0.25) is 5.41 Å². The molecule has 1 aliphatic heterocycles. The Labute approximate surface area is 107 Å². The summed E-state index contributed by atoms with van der Waals surface area (Å²) >= 11 is 0. The molecule has 2 rings (SSSR count). The molecule has 0 aromatic heterocycles. The normalized spacial score (nSPS) is 19.1. The van der Waals surface area contributed by atoms with E-state index >= 15 is 0 Å². The Morgan fingerprint density at radius 2 is 1.94 bits per heavy atom. The van der Waals surface area contributed by atoms with Crippen LogP contribution in [0.5, 0.6) is 0 Å². The number of hydrogen-bond donors (Lipinski definition) is 2. The van der Waals surface area contributed by atoms with Gasteiger partial charge in [0.2, 0.25) is 0 Å². The van der Waals surface area contributed by atoms with E-state index in [0.717, 1.165) is 11.3 Å². The molecule has 0 saturated heterocycles. The lowest BCUT2D eigenvalue weighted by Gasteiger charge is -2.17. The average molecular weight is 245 g/mol. The fourth-order valence-electron chi connectivity index (χ4n) is 2.07. The molecule has 0 radical (unpaired) electrons. The van der Waals surface area contributed by atoms with Crippen LogP contribution in [0.1, 0.15) is 18.4 Å². The van der Waals surface area contributed by atoms with Gasteiger partial charge in [-0.2, -0.15) is 5.10 Å². The largest absolute Gasteiger partial charge is 0.385 e. The zero-order valence-electron chi connectivity index (χ0n) is 11.0. The predicted molar refractivity (Wildman–Crippen MR) is 75.2 cm³/mol. The number of rotatable bonds is 3. The number of nitrogens with one attached hydrogen (secondary N) is 1. The maximum atomic E-state index is 8.09. The SMILES string of the molecule is CCN1N=C(N)C(c2ccc(N(C)C)cc2)C1=N. The van der Waals surface area contributed by atoms with Gasteiger partial charge >= 0.3 is 0 Å². The van der Waals surface area contributed by atoms with Crippen LogP contribution < -0.4 is 10.6 Å². The van der Waals surface area contributed by atoms with Crippen molar-refractivity contribution >= 4 is 17.4 Å². The van der Waals surface area contributed by atoms with Gasteiger partial charge in [0.05, 0.1) is 0 Å². The summed E-state index contributed by atoms with van der Waals surface area (Å²) < 4.78 is 0. The van der Waals surface area contributed by atoms with Crippen molar-refractivity contribution < 1.29 is 0 Å². The summed E-state index contributed by atoms with van der Waals surface area (Å²) in [6.45, 7) is 2.63. The van der Waals surface area contributed by atoms with E-state index in [4.69, 9.17) is 11.1 Å². The molecule has 5 nitrogen and oxygen atoms in total. The maximum Gasteiger partial charge on any atom is 0.135 e. The van der Waals surface area contributed by atoms with E-state index in [9.17, 15) is 0 Å².